The Hall–Kier alpha value is 0.749. The van der Waals surface area contributed by atoms with Crippen molar-refractivity contribution in [2.24, 2.45) is 0 Å². The van der Waals surface area contributed by atoms with Crippen LogP contribution >= 0.6 is 0 Å². The molecule has 0 fully saturated rings. The molecule has 0 atom stereocenters. The maximum atomic E-state index is 3.60. The second-order valence-corrected chi connectivity index (χ2v) is 2.56. The Morgan fingerprint density at radius 2 is 0.714 bits per heavy atom. The van der Waals surface area contributed by atoms with E-state index in [-0.39, 0.29) is 28.3 Å². The fraction of sp³-hybridized carbons (Fsp3) is 0.750. The van der Waals surface area contributed by atoms with Crippen LogP contribution in [0.4, 0.5) is 0 Å². The first-order chi connectivity index (χ1) is 5.74. The largest absolute Gasteiger partial charge is 3.00 e. The first-order valence-electron chi connectivity index (χ1n) is 5.12. The maximum absolute atomic E-state index is 3.60. The van der Waals surface area contributed by atoms with Gasteiger partial charge in [0.1, 0.15) is 0 Å². The van der Waals surface area contributed by atoms with E-state index in [0.717, 1.165) is 19.3 Å². The summed E-state index contributed by atoms with van der Waals surface area (Å²) in [6.45, 7) is 17.2. The van der Waals surface area contributed by atoms with Crippen LogP contribution in [0, 0.1) is 20.8 Å². The van der Waals surface area contributed by atoms with E-state index in [1.807, 2.05) is 0 Å². The third-order valence-corrected chi connectivity index (χ3v) is 1.06. The Morgan fingerprint density at radius 3 is 0.714 bits per heavy atom. The predicted molar refractivity (Wildman–Crippen MR) is 70.7 cm³/mol. The molecule has 0 aromatic heterocycles. The average Bonchev–Trinajstić information content (AvgIpc) is 2.18. The summed E-state index contributed by atoms with van der Waals surface area (Å²) in [6.07, 6.45) is 6.83. The summed E-state index contributed by atoms with van der Waals surface area (Å²) < 4.78 is 0. The fourth-order valence-electron chi connectivity index (χ4n) is 0. The molecule has 0 unspecified atom stereocenters. The molecule has 0 saturated carbocycles. The van der Waals surface area contributed by atoms with Gasteiger partial charge in [0.25, 0.3) is 0 Å². The van der Waals surface area contributed by atoms with Crippen molar-refractivity contribution in [2.75, 3.05) is 0 Å². The van der Waals surface area contributed by atoms with Gasteiger partial charge in [-0.15, -0.1) is 0 Å². The Labute approximate surface area is 108 Å². The van der Waals surface area contributed by atoms with E-state index in [0.29, 0.717) is 0 Å². The van der Waals surface area contributed by atoms with E-state index in [1.54, 1.807) is 0 Å². The number of rotatable bonds is 3. The minimum Gasteiger partial charge on any atom is -0.343 e. The van der Waals surface area contributed by atoms with Crippen LogP contribution in [-0.2, 0) is 17.4 Å². The van der Waals surface area contributed by atoms with Gasteiger partial charge in [0, 0.05) is 0 Å². The number of unbranched alkanes of at least 4 members (excludes halogenated alkanes) is 3. The van der Waals surface area contributed by atoms with Crippen molar-refractivity contribution in [3.05, 3.63) is 20.8 Å². The average molecular weight is 254 g/mol. The summed E-state index contributed by atoms with van der Waals surface area (Å²) in [5.74, 6) is 0. The molecule has 0 aliphatic heterocycles. The second kappa shape index (κ2) is 49.1. The van der Waals surface area contributed by atoms with Gasteiger partial charge in [0.2, 0.25) is 0 Å². The van der Waals surface area contributed by atoms with E-state index in [1.165, 1.54) is 19.3 Å². The van der Waals surface area contributed by atoms with Crippen molar-refractivity contribution < 1.29 is 17.4 Å². The summed E-state index contributed by atoms with van der Waals surface area (Å²) in [7, 11) is 0. The van der Waals surface area contributed by atoms with E-state index in [4.69, 9.17) is 0 Å². The molecule has 2 heteroatoms. The molecule has 14 heavy (non-hydrogen) atoms. The van der Waals surface area contributed by atoms with Crippen LogP contribution in [0.2, 0.25) is 0 Å². The van der Waals surface area contributed by atoms with Crippen molar-refractivity contribution in [1.82, 2.24) is 0 Å². The third kappa shape index (κ3) is 125. The van der Waals surface area contributed by atoms with Crippen LogP contribution in [-0.4, -0.2) is 11.0 Å². The van der Waals surface area contributed by atoms with Gasteiger partial charge in [-0.05, 0) is 11.0 Å². The van der Waals surface area contributed by atoms with Crippen LogP contribution in [0.25, 0.3) is 0 Å². The van der Waals surface area contributed by atoms with Crippen LogP contribution in [0.5, 0.6) is 0 Å². The molecule has 0 nitrogen and oxygen atoms in total. The molecule has 0 aromatic rings. The Balaban J connectivity index is -0.0000000270. The molecular formula is C12H30CrSi. The van der Waals surface area contributed by atoms with Crippen molar-refractivity contribution >= 4 is 11.0 Å². The molecule has 0 aromatic carbocycles. The zero-order chi connectivity index (χ0) is 10.2. The van der Waals surface area contributed by atoms with Crippen molar-refractivity contribution in [3.8, 4) is 0 Å². The maximum Gasteiger partial charge on any atom is 3.00 e. The molecule has 0 aliphatic carbocycles. The van der Waals surface area contributed by atoms with Crippen molar-refractivity contribution in [3.63, 3.8) is 0 Å². The van der Waals surface area contributed by atoms with Crippen LogP contribution in [0.3, 0.4) is 0 Å². The summed E-state index contributed by atoms with van der Waals surface area (Å²) in [5.41, 5.74) is 0. The minimum atomic E-state index is 0. The molecule has 0 rings (SSSR count). The Bertz CT molecular complexity index is 25.8. The molecule has 0 aliphatic rings. The monoisotopic (exact) mass is 254 g/mol. The molecule has 2 radical (unpaired) electrons. The molecule has 0 spiro atoms. The zero-order valence-corrected chi connectivity index (χ0v) is 14.0. The summed E-state index contributed by atoms with van der Waals surface area (Å²) in [6, 6.07) is 0. The van der Waals surface area contributed by atoms with E-state index >= 15 is 0 Å². The summed E-state index contributed by atoms with van der Waals surface area (Å²) in [4.78, 5) is 0. The third-order valence-electron chi connectivity index (χ3n) is 1.06. The van der Waals surface area contributed by atoms with E-state index in [9.17, 15) is 0 Å². The van der Waals surface area contributed by atoms with Gasteiger partial charge in [-0.1, -0.05) is 40.0 Å². The Kier molecular flexibility index (Phi) is 103. The van der Waals surface area contributed by atoms with Gasteiger partial charge in [0.15, 0.2) is 0 Å². The number of hydrogen-bond acceptors (Lipinski definition) is 0. The topological polar surface area (TPSA) is 0 Å². The molecule has 0 amide bonds. The van der Waals surface area contributed by atoms with Gasteiger partial charge in [-0.2, -0.15) is 19.3 Å². The van der Waals surface area contributed by atoms with Gasteiger partial charge in [-0.3, -0.25) is 0 Å². The summed E-state index contributed by atoms with van der Waals surface area (Å²) in [5, 5.41) is 0. The zero-order valence-electron chi connectivity index (χ0n) is 10.8. The fourth-order valence-corrected chi connectivity index (χ4v) is 0. The quantitative estimate of drug-likeness (QED) is 0.532. The molecule has 0 N–H and O–H groups in total. The minimum absolute atomic E-state index is 0. The molecule has 0 saturated heterocycles. The van der Waals surface area contributed by atoms with E-state index < -0.39 is 0 Å². The van der Waals surface area contributed by atoms with Gasteiger partial charge < -0.3 is 20.8 Å². The second-order valence-electron chi connectivity index (χ2n) is 2.56. The predicted octanol–water partition coefficient (Wildman–Crippen LogP) is 3.68. The number of hydrogen-bond donors (Lipinski definition) is 0. The van der Waals surface area contributed by atoms with Crippen molar-refractivity contribution in [2.45, 2.75) is 59.3 Å². The molecule has 0 bridgehead atoms. The van der Waals surface area contributed by atoms with Crippen LogP contribution < -0.4 is 0 Å². The van der Waals surface area contributed by atoms with Gasteiger partial charge in [-0.25, -0.2) is 0 Å². The van der Waals surface area contributed by atoms with Crippen LogP contribution in [0.15, 0.2) is 0 Å². The smallest absolute Gasteiger partial charge is 0.343 e. The molecule has 88 valence electrons. The summed E-state index contributed by atoms with van der Waals surface area (Å²) >= 11 is 0. The van der Waals surface area contributed by atoms with Crippen molar-refractivity contribution in [1.29, 1.82) is 0 Å². The van der Waals surface area contributed by atoms with E-state index in [2.05, 4.69) is 41.5 Å². The first kappa shape index (κ1) is 29.3. The van der Waals surface area contributed by atoms with Gasteiger partial charge in [0.05, 0.1) is 0 Å². The standard InChI is InChI=1S/3C4H9.Cr.H3Si/c3*1-3-4-2;;/h3*1,3-4H2,2H3;;1H3/q3*-1;+3;. The SMILES string of the molecule is [CH2-]CCC.[CH2-]CCC.[CH2-]CCC.[Cr+3].[SiH3]. The normalized spacial score (nSPS) is 6.43. The first-order valence-corrected chi connectivity index (χ1v) is 5.12. The van der Waals surface area contributed by atoms with Gasteiger partial charge >= 0.3 is 17.4 Å². The Morgan fingerprint density at radius 1 is 0.643 bits per heavy atom. The van der Waals surface area contributed by atoms with Crippen LogP contribution in [0.1, 0.15) is 59.3 Å². The molecular weight excluding hydrogens is 224 g/mol. The molecule has 0 heterocycles.